The van der Waals surface area contributed by atoms with Gasteiger partial charge < -0.3 is 10.1 Å². The van der Waals surface area contributed by atoms with Crippen LogP contribution in [0.4, 0.5) is 10.6 Å². The van der Waals surface area contributed by atoms with E-state index in [1.165, 1.54) is 6.42 Å². The molecule has 2 N–H and O–H groups in total. The molecule has 1 heterocycles. The van der Waals surface area contributed by atoms with Crippen LogP contribution in [0.15, 0.2) is 24.4 Å². The maximum atomic E-state index is 11.8. The fraction of sp³-hybridized carbons (Fsp3) is 0.600. The van der Waals surface area contributed by atoms with Crippen molar-refractivity contribution in [1.29, 1.82) is 0 Å². The van der Waals surface area contributed by atoms with Gasteiger partial charge in [0.15, 0.2) is 0 Å². The van der Waals surface area contributed by atoms with Crippen molar-refractivity contribution in [3.63, 3.8) is 0 Å². The maximum absolute atomic E-state index is 11.8. The van der Waals surface area contributed by atoms with Crippen molar-refractivity contribution in [1.82, 2.24) is 15.1 Å². The number of anilines is 1. The summed E-state index contributed by atoms with van der Waals surface area (Å²) in [5, 5.41) is 9.89. The zero-order valence-electron chi connectivity index (χ0n) is 12.5. The number of hydrogen-bond acceptors (Lipinski definition) is 3. The number of carbonyl (C=O) groups is 1. The van der Waals surface area contributed by atoms with Gasteiger partial charge in [-0.3, -0.25) is 5.32 Å². The highest BCUT2D eigenvalue weighted by atomic mass is 16.5. The first-order chi connectivity index (χ1) is 10.3. The highest BCUT2D eigenvalue weighted by molar-refractivity contribution is 5.88. The number of nitrogens with one attached hydrogen (secondary N) is 2. The van der Waals surface area contributed by atoms with Crippen LogP contribution in [0.2, 0.25) is 0 Å². The van der Waals surface area contributed by atoms with E-state index in [0.717, 1.165) is 25.2 Å². The maximum Gasteiger partial charge on any atom is 0.320 e. The lowest BCUT2D eigenvalue weighted by Gasteiger charge is -2.19. The summed E-state index contributed by atoms with van der Waals surface area (Å²) in [7, 11) is 0. The molecule has 21 heavy (non-hydrogen) atoms. The second-order valence-corrected chi connectivity index (χ2v) is 5.13. The Morgan fingerprint density at radius 3 is 3.19 bits per heavy atom. The Balaban J connectivity index is 1.79. The smallest absolute Gasteiger partial charge is 0.320 e. The Kier molecular flexibility index (Phi) is 6.27. The van der Waals surface area contributed by atoms with Gasteiger partial charge in [0.25, 0.3) is 0 Å². The van der Waals surface area contributed by atoms with Gasteiger partial charge in [-0.2, -0.15) is 5.10 Å². The van der Waals surface area contributed by atoms with Crippen molar-refractivity contribution in [3.8, 4) is 0 Å². The molecular weight excluding hydrogens is 268 g/mol. The van der Waals surface area contributed by atoms with Crippen LogP contribution in [0, 0.1) is 5.92 Å². The normalized spacial score (nSPS) is 17.7. The van der Waals surface area contributed by atoms with Gasteiger partial charge in [-0.05, 0) is 32.1 Å². The van der Waals surface area contributed by atoms with Crippen LogP contribution in [-0.2, 0) is 11.3 Å². The van der Waals surface area contributed by atoms with Gasteiger partial charge >= 0.3 is 6.03 Å². The molecule has 0 aromatic carbocycles. The van der Waals surface area contributed by atoms with Crippen LogP contribution >= 0.6 is 0 Å². The molecule has 6 heteroatoms. The lowest BCUT2D eigenvalue weighted by atomic mass is 9.94. The van der Waals surface area contributed by atoms with E-state index in [1.807, 2.05) is 17.7 Å². The van der Waals surface area contributed by atoms with E-state index < -0.39 is 0 Å². The van der Waals surface area contributed by atoms with Crippen LogP contribution in [0.5, 0.6) is 0 Å². The van der Waals surface area contributed by atoms with Gasteiger partial charge in [-0.1, -0.05) is 12.2 Å². The average Bonchev–Trinajstić information content (AvgIpc) is 2.92. The fourth-order valence-electron chi connectivity index (χ4n) is 2.39. The molecule has 0 bridgehead atoms. The first-order valence-corrected chi connectivity index (χ1v) is 7.59. The summed E-state index contributed by atoms with van der Waals surface area (Å²) in [5.41, 5.74) is 0. The van der Waals surface area contributed by atoms with Gasteiger partial charge in [-0.25, -0.2) is 9.48 Å². The number of hydrogen-bond donors (Lipinski definition) is 2. The van der Waals surface area contributed by atoms with E-state index in [2.05, 4.69) is 27.9 Å². The van der Waals surface area contributed by atoms with Crippen LogP contribution < -0.4 is 10.6 Å². The number of ether oxygens (including phenoxy) is 1. The molecule has 1 atom stereocenters. The predicted molar refractivity (Wildman–Crippen MR) is 82.2 cm³/mol. The van der Waals surface area contributed by atoms with Crippen molar-refractivity contribution in [2.24, 2.45) is 5.92 Å². The fourth-order valence-corrected chi connectivity index (χ4v) is 2.39. The number of aromatic nitrogens is 2. The molecule has 0 fully saturated rings. The van der Waals surface area contributed by atoms with Gasteiger partial charge in [-0.15, -0.1) is 0 Å². The molecule has 0 aliphatic heterocycles. The molecule has 6 nitrogen and oxygen atoms in total. The molecule has 1 unspecified atom stereocenters. The molecule has 1 aromatic heterocycles. The van der Waals surface area contributed by atoms with Crippen molar-refractivity contribution in [3.05, 3.63) is 24.4 Å². The highest BCUT2D eigenvalue weighted by Crippen LogP contribution is 2.21. The molecule has 0 spiro atoms. The molecule has 1 aliphatic rings. The highest BCUT2D eigenvalue weighted by Gasteiger charge is 2.14. The zero-order chi connectivity index (χ0) is 14.9. The van der Waals surface area contributed by atoms with Crippen LogP contribution in [0.25, 0.3) is 0 Å². The first kappa shape index (κ1) is 15.6. The van der Waals surface area contributed by atoms with Gasteiger partial charge in [0.05, 0.1) is 12.8 Å². The average molecular weight is 292 g/mol. The molecule has 2 rings (SSSR count). The molecule has 0 radical (unpaired) electrons. The zero-order valence-corrected chi connectivity index (χ0v) is 12.5. The van der Waals surface area contributed by atoms with E-state index in [-0.39, 0.29) is 6.03 Å². The van der Waals surface area contributed by atoms with E-state index in [1.54, 1.807) is 6.20 Å². The third-order valence-electron chi connectivity index (χ3n) is 3.50. The molecule has 1 aliphatic carbocycles. The number of rotatable bonds is 7. The van der Waals surface area contributed by atoms with Crippen molar-refractivity contribution >= 4 is 11.8 Å². The molecule has 2 amide bonds. The van der Waals surface area contributed by atoms with E-state index in [9.17, 15) is 4.79 Å². The van der Waals surface area contributed by atoms with Gasteiger partial charge in [0.2, 0.25) is 0 Å². The summed E-state index contributed by atoms with van der Waals surface area (Å²) in [6.45, 7) is 4.45. The van der Waals surface area contributed by atoms with Crippen molar-refractivity contribution in [2.75, 3.05) is 25.1 Å². The second kappa shape index (κ2) is 8.46. The summed E-state index contributed by atoms with van der Waals surface area (Å²) in [4.78, 5) is 11.8. The van der Waals surface area contributed by atoms with Crippen LogP contribution in [0.3, 0.4) is 0 Å². The summed E-state index contributed by atoms with van der Waals surface area (Å²) in [5.74, 6) is 1.33. The van der Waals surface area contributed by atoms with E-state index in [4.69, 9.17) is 4.74 Å². The van der Waals surface area contributed by atoms with E-state index in [0.29, 0.717) is 25.7 Å². The molecular formula is C15H24N4O2. The first-order valence-electron chi connectivity index (χ1n) is 7.59. The lowest BCUT2D eigenvalue weighted by molar-refractivity contribution is 0.150. The minimum absolute atomic E-state index is 0.222. The third-order valence-corrected chi connectivity index (χ3v) is 3.50. The largest absolute Gasteiger partial charge is 0.380 e. The quantitative estimate of drug-likeness (QED) is 0.599. The number of allylic oxidation sites excluding steroid dienone is 2. The number of carbonyl (C=O) groups excluding carboxylic acids is 1. The Morgan fingerprint density at radius 1 is 1.52 bits per heavy atom. The number of nitrogens with zero attached hydrogens (tertiary/aromatic N) is 2. The summed E-state index contributed by atoms with van der Waals surface area (Å²) < 4.78 is 7.04. The second-order valence-electron chi connectivity index (χ2n) is 5.13. The predicted octanol–water partition coefficient (Wildman–Crippen LogP) is 2.40. The Morgan fingerprint density at radius 2 is 2.43 bits per heavy atom. The van der Waals surface area contributed by atoms with Gasteiger partial charge in [0.1, 0.15) is 5.82 Å². The number of amides is 2. The minimum Gasteiger partial charge on any atom is -0.380 e. The monoisotopic (exact) mass is 292 g/mol. The van der Waals surface area contributed by atoms with Crippen LogP contribution in [-0.4, -0.2) is 35.6 Å². The topological polar surface area (TPSA) is 68.2 Å². The van der Waals surface area contributed by atoms with Crippen molar-refractivity contribution < 1.29 is 9.53 Å². The van der Waals surface area contributed by atoms with Crippen molar-refractivity contribution in [2.45, 2.75) is 32.7 Å². The molecule has 0 saturated carbocycles. The Hall–Kier alpha value is -1.82. The summed E-state index contributed by atoms with van der Waals surface area (Å²) in [6, 6.07) is 1.60. The summed E-state index contributed by atoms with van der Waals surface area (Å²) >= 11 is 0. The molecule has 116 valence electrons. The van der Waals surface area contributed by atoms with E-state index >= 15 is 0 Å². The molecule has 1 aromatic rings. The standard InChI is InChI=1S/C15H24N4O2/c1-2-21-11-10-16-15(20)18-14-8-9-17-19(14)12-13-6-4-3-5-7-13/h3-4,8-9,13H,2,5-7,10-12H2,1H3,(H2,16,18,20). The SMILES string of the molecule is CCOCCNC(=O)Nc1ccnn1CC1CC=CCC1. The third kappa shape index (κ3) is 5.23. The summed E-state index contributed by atoms with van der Waals surface area (Å²) in [6.07, 6.45) is 9.56. The number of urea groups is 1. The minimum atomic E-state index is -0.222. The lowest BCUT2D eigenvalue weighted by Crippen LogP contribution is -2.32. The van der Waals surface area contributed by atoms with Crippen LogP contribution in [0.1, 0.15) is 26.2 Å². The molecule has 0 saturated heterocycles. The Bertz CT molecular complexity index is 470. The Labute approximate surface area is 125 Å². The van der Waals surface area contributed by atoms with Gasteiger partial charge in [0, 0.05) is 25.8 Å².